The molecule has 3 N–H and O–H groups in total. The molecule has 0 saturated heterocycles. The summed E-state index contributed by atoms with van der Waals surface area (Å²) >= 11 is 12.5. The van der Waals surface area contributed by atoms with Crippen molar-refractivity contribution in [3.63, 3.8) is 0 Å². The van der Waals surface area contributed by atoms with Crippen molar-refractivity contribution in [3.05, 3.63) is 35.9 Å². The first kappa shape index (κ1) is 16.8. The van der Waals surface area contributed by atoms with E-state index in [1.54, 1.807) is 0 Å². The second kappa shape index (κ2) is 7.59. The molecule has 5 heteroatoms. The summed E-state index contributed by atoms with van der Waals surface area (Å²) in [6.45, 7) is 2.40. The number of alkyl halides is 2. The average molecular weight is 329 g/mol. The fourth-order valence-electron chi connectivity index (χ4n) is 2.77. The van der Waals surface area contributed by atoms with E-state index in [1.165, 1.54) is 0 Å². The molecule has 1 aliphatic carbocycles. The van der Waals surface area contributed by atoms with Gasteiger partial charge in [0, 0.05) is 17.6 Å². The number of benzene rings is 1. The van der Waals surface area contributed by atoms with Crippen molar-refractivity contribution >= 4 is 29.0 Å². The Morgan fingerprint density at radius 2 is 1.86 bits per heavy atom. The summed E-state index contributed by atoms with van der Waals surface area (Å²) in [7, 11) is 0. The topological polar surface area (TPSA) is 55.1 Å². The highest BCUT2D eigenvalue weighted by atomic mass is 35.5. The van der Waals surface area contributed by atoms with Crippen molar-refractivity contribution in [1.29, 1.82) is 0 Å². The van der Waals surface area contributed by atoms with E-state index in [4.69, 9.17) is 28.9 Å². The monoisotopic (exact) mass is 328 g/mol. The molecule has 1 saturated carbocycles. The standard InChI is InChI=1S/C16H22Cl2N2O/c1-10(12-7-13(17)16(19)14(18)8-12)20-9-15(21)11-5-3-2-4-6-11/h2-6,10,12-14,16,20H,7-9,19H2,1H3/t10-,12?,13?,14?,16?/m1/s1. The van der Waals surface area contributed by atoms with Crippen LogP contribution in [0.4, 0.5) is 0 Å². The van der Waals surface area contributed by atoms with Crippen LogP contribution in [0, 0.1) is 5.92 Å². The van der Waals surface area contributed by atoms with Gasteiger partial charge in [-0.25, -0.2) is 0 Å². The molecule has 0 amide bonds. The number of carbonyl (C=O) groups is 1. The number of nitrogens with two attached hydrogens (primary N) is 1. The third-order valence-corrected chi connectivity index (χ3v) is 5.22. The summed E-state index contributed by atoms with van der Waals surface area (Å²) in [4.78, 5) is 12.1. The Labute approximate surface area is 136 Å². The summed E-state index contributed by atoms with van der Waals surface area (Å²) in [5.74, 6) is 0.443. The van der Waals surface area contributed by atoms with Crippen molar-refractivity contribution in [2.75, 3.05) is 6.54 Å². The molecule has 1 aliphatic rings. The minimum atomic E-state index is -0.150. The van der Waals surface area contributed by atoms with E-state index in [0.717, 1.165) is 18.4 Å². The molecular formula is C16H22Cl2N2O. The number of carbonyl (C=O) groups excluding carboxylic acids is 1. The molecule has 0 aliphatic heterocycles. The highest BCUT2D eigenvalue weighted by Crippen LogP contribution is 2.32. The molecule has 3 atom stereocenters. The molecule has 1 aromatic rings. The van der Waals surface area contributed by atoms with Gasteiger partial charge >= 0.3 is 0 Å². The first-order valence-electron chi connectivity index (χ1n) is 7.34. The molecule has 1 fully saturated rings. The Morgan fingerprint density at radius 1 is 1.29 bits per heavy atom. The molecule has 0 aromatic heterocycles. The molecule has 0 spiro atoms. The molecular weight excluding hydrogens is 307 g/mol. The highest BCUT2D eigenvalue weighted by Gasteiger charge is 2.35. The number of hydrogen-bond acceptors (Lipinski definition) is 3. The SMILES string of the molecule is C[C@@H](NCC(=O)c1ccccc1)C1CC(Cl)C(N)C(Cl)C1. The number of ketones is 1. The van der Waals surface area contributed by atoms with E-state index in [9.17, 15) is 4.79 Å². The Hall–Kier alpha value is -0.610. The summed E-state index contributed by atoms with van der Waals surface area (Å²) in [6, 6.07) is 9.34. The molecule has 2 unspecified atom stereocenters. The number of hydrogen-bond donors (Lipinski definition) is 2. The van der Waals surface area contributed by atoms with Crippen LogP contribution in [0.1, 0.15) is 30.1 Å². The molecule has 0 radical (unpaired) electrons. The second-order valence-corrected chi connectivity index (χ2v) is 6.92. The first-order chi connectivity index (χ1) is 9.99. The number of rotatable bonds is 5. The van der Waals surface area contributed by atoms with Crippen LogP contribution in [0.2, 0.25) is 0 Å². The highest BCUT2D eigenvalue weighted by molar-refractivity contribution is 6.24. The zero-order valence-electron chi connectivity index (χ0n) is 12.1. The van der Waals surface area contributed by atoms with Crippen LogP contribution in [0.25, 0.3) is 0 Å². The third-order valence-electron chi connectivity index (χ3n) is 4.28. The van der Waals surface area contributed by atoms with Crippen LogP contribution < -0.4 is 11.1 Å². The minimum absolute atomic E-state index is 0.0969. The number of nitrogens with one attached hydrogen (secondary N) is 1. The van der Waals surface area contributed by atoms with E-state index >= 15 is 0 Å². The first-order valence-corrected chi connectivity index (χ1v) is 8.21. The fourth-order valence-corrected chi connectivity index (χ4v) is 3.65. The van der Waals surface area contributed by atoms with Gasteiger partial charge in [0.25, 0.3) is 0 Å². The maximum absolute atomic E-state index is 12.1. The van der Waals surface area contributed by atoms with Gasteiger partial charge < -0.3 is 11.1 Å². The Balaban J connectivity index is 1.85. The Morgan fingerprint density at radius 3 is 2.43 bits per heavy atom. The van der Waals surface area contributed by atoms with Crippen LogP contribution in [0.3, 0.4) is 0 Å². The lowest BCUT2D eigenvalue weighted by atomic mass is 9.81. The number of Topliss-reactive ketones (excluding diaryl/α,β-unsaturated/α-hetero) is 1. The van der Waals surface area contributed by atoms with Crippen LogP contribution in [-0.2, 0) is 0 Å². The predicted octanol–water partition coefficient (Wildman–Crippen LogP) is 2.80. The molecule has 2 rings (SSSR count). The van der Waals surface area contributed by atoms with Crippen molar-refractivity contribution in [1.82, 2.24) is 5.32 Å². The van der Waals surface area contributed by atoms with E-state index in [-0.39, 0.29) is 28.6 Å². The third kappa shape index (κ3) is 4.43. The van der Waals surface area contributed by atoms with Gasteiger partial charge in [-0.15, -0.1) is 23.2 Å². The van der Waals surface area contributed by atoms with Crippen molar-refractivity contribution in [2.24, 2.45) is 11.7 Å². The van der Waals surface area contributed by atoms with Crippen molar-refractivity contribution in [3.8, 4) is 0 Å². The van der Waals surface area contributed by atoms with Crippen LogP contribution in [0.15, 0.2) is 30.3 Å². The van der Waals surface area contributed by atoms with Gasteiger partial charge in [-0.3, -0.25) is 4.79 Å². The lowest BCUT2D eigenvalue weighted by Crippen LogP contribution is -2.49. The lowest BCUT2D eigenvalue weighted by molar-refractivity contribution is 0.0982. The average Bonchev–Trinajstić information content (AvgIpc) is 2.50. The second-order valence-electron chi connectivity index (χ2n) is 5.80. The molecule has 0 heterocycles. The zero-order chi connectivity index (χ0) is 15.4. The molecule has 0 bridgehead atoms. The smallest absolute Gasteiger partial charge is 0.176 e. The summed E-state index contributed by atoms with van der Waals surface area (Å²) in [5.41, 5.74) is 6.67. The minimum Gasteiger partial charge on any atom is -0.325 e. The predicted molar refractivity (Wildman–Crippen MR) is 88.2 cm³/mol. The van der Waals surface area contributed by atoms with Crippen molar-refractivity contribution in [2.45, 2.75) is 42.6 Å². The number of halogens is 2. The normalized spacial score (nSPS) is 30.9. The maximum atomic E-state index is 12.1. The summed E-state index contributed by atoms with van der Waals surface area (Å²) < 4.78 is 0. The zero-order valence-corrected chi connectivity index (χ0v) is 13.6. The summed E-state index contributed by atoms with van der Waals surface area (Å²) in [5, 5.41) is 3.11. The molecule has 21 heavy (non-hydrogen) atoms. The van der Waals surface area contributed by atoms with Crippen LogP contribution in [0.5, 0.6) is 0 Å². The maximum Gasteiger partial charge on any atom is 0.176 e. The Bertz CT molecular complexity index is 457. The quantitative estimate of drug-likeness (QED) is 0.645. The van der Waals surface area contributed by atoms with Crippen LogP contribution in [-0.4, -0.2) is 35.2 Å². The Kier molecular flexibility index (Phi) is 6.06. The largest absolute Gasteiger partial charge is 0.325 e. The summed E-state index contributed by atoms with van der Waals surface area (Å²) in [6.07, 6.45) is 1.67. The van der Waals surface area contributed by atoms with Crippen LogP contribution >= 0.6 is 23.2 Å². The molecule has 116 valence electrons. The molecule has 3 nitrogen and oxygen atoms in total. The van der Waals surface area contributed by atoms with Gasteiger partial charge in [-0.05, 0) is 25.7 Å². The molecule has 1 aromatic carbocycles. The van der Waals surface area contributed by atoms with E-state index in [2.05, 4.69) is 12.2 Å². The van der Waals surface area contributed by atoms with Gasteiger partial charge in [-0.1, -0.05) is 30.3 Å². The van der Waals surface area contributed by atoms with Gasteiger partial charge in [-0.2, -0.15) is 0 Å². The van der Waals surface area contributed by atoms with Gasteiger partial charge in [0.05, 0.1) is 17.3 Å². The van der Waals surface area contributed by atoms with Gasteiger partial charge in [0.1, 0.15) is 0 Å². The van der Waals surface area contributed by atoms with Gasteiger partial charge in [0.15, 0.2) is 5.78 Å². The fraction of sp³-hybridized carbons (Fsp3) is 0.562. The lowest BCUT2D eigenvalue weighted by Gasteiger charge is -2.37. The van der Waals surface area contributed by atoms with E-state index in [0.29, 0.717) is 12.5 Å². The van der Waals surface area contributed by atoms with Crippen molar-refractivity contribution < 1.29 is 4.79 Å². The van der Waals surface area contributed by atoms with Gasteiger partial charge in [0.2, 0.25) is 0 Å². The van der Waals surface area contributed by atoms with E-state index < -0.39 is 0 Å². The van der Waals surface area contributed by atoms with E-state index in [1.807, 2.05) is 30.3 Å².